The number of carboxylic acids is 1. The van der Waals surface area contributed by atoms with E-state index < -0.39 is 24.3 Å². The Morgan fingerprint density at radius 3 is 2.22 bits per heavy atom. The van der Waals surface area contributed by atoms with Crippen molar-refractivity contribution in [1.82, 2.24) is 5.32 Å². The van der Waals surface area contributed by atoms with Crippen LogP contribution in [0.15, 0.2) is 0 Å². The van der Waals surface area contributed by atoms with Crippen molar-refractivity contribution in [1.29, 1.82) is 0 Å². The van der Waals surface area contributed by atoms with Gasteiger partial charge in [-0.1, -0.05) is 12.8 Å². The predicted molar refractivity (Wildman–Crippen MR) is 65.5 cm³/mol. The van der Waals surface area contributed by atoms with Gasteiger partial charge in [0, 0.05) is 6.42 Å². The summed E-state index contributed by atoms with van der Waals surface area (Å²) in [7, 11) is 0. The minimum atomic E-state index is -1.26. The average Bonchev–Trinajstić information content (AvgIpc) is 2.27. The van der Waals surface area contributed by atoms with Crippen molar-refractivity contribution in [3.8, 4) is 0 Å². The summed E-state index contributed by atoms with van der Waals surface area (Å²) in [6, 6.07) is -1.24. The number of carboxylic acid groups (broad SMARTS) is 1. The number of carbonyl (C=O) groups is 3. The molecule has 0 fully saturated rings. The number of carbonyl (C=O) groups excluding carboxylic acids is 2. The lowest BCUT2D eigenvalue weighted by atomic mass is 10.1. The van der Waals surface area contributed by atoms with Gasteiger partial charge in [0.25, 0.3) is 0 Å². The minimum absolute atomic E-state index is 0.243. The fourth-order valence-corrected chi connectivity index (χ4v) is 1.45. The molecule has 0 rings (SSSR count). The number of nitrogens with one attached hydrogen (secondary N) is 1. The van der Waals surface area contributed by atoms with Crippen LogP contribution in [-0.2, 0) is 14.4 Å². The van der Waals surface area contributed by atoms with Gasteiger partial charge in [0.05, 0.1) is 6.42 Å². The van der Waals surface area contributed by atoms with Crippen molar-refractivity contribution in [2.24, 2.45) is 11.5 Å². The second kappa shape index (κ2) is 9.41. The number of aliphatic carboxylic acids is 1. The normalized spacial score (nSPS) is 11.8. The van der Waals surface area contributed by atoms with Crippen molar-refractivity contribution in [3.05, 3.63) is 0 Å². The largest absolute Gasteiger partial charge is 0.480 e. The third-order valence-electron chi connectivity index (χ3n) is 2.40. The molecule has 0 aromatic heterocycles. The first kappa shape index (κ1) is 16.4. The van der Waals surface area contributed by atoms with Crippen LogP contribution in [0.5, 0.6) is 0 Å². The summed E-state index contributed by atoms with van der Waals surface area (Å²) in [5.41, 5.74) is 10.2. The number of nitrogens with two attached hydrogens (primary N) is 2. The molecular formula is C11H21N3O4. The van der Waals surface area contributed by atoms with Gasteiger partial charge in [0.1, 0.15) is 6.04 Å². The number of rotatable bonds is 10. The molecule has 0 aromatic rings. The lowest BCUT2D eigenvalue weighted by Gasteiger charge is -2.12. The van der Waals surface area contributed by atoms with Gasteiger partial charge in [-0.15, -0.1) is 0 Å². The average molecular weight is 259 g/mol. The standard InChI is InChI=1S/C11H21N3O4/c12-6-4-2-1-3-5-10(16)14-8(11(17)18)7-9(13)15/h8H,1-7,12H2,(H2,13,15)(H,14,16)(H,17,18). The summed E-state index contributed by atoms with van der Waals surface area (Å²) >= 11 is 0. The van der Waals surface area contributed by atoms with E-state index in [9.17, 15) is 14.4 Å². The highest BCUT2D eigenvalue weighted by atomic mass is 16.4. The first-order chi connectivity index (χ1) is 8.47. The van der Waals surface area contributed by atoms with Crippen molar-refractivity contribution < 1.29 is 19.5 Å². The molecule has 104 valence electrons. The number of hydrogen-bond acceptors (Lipinski definition) is 4. The predicted octanol–water partition coefficient (Wildman–Crippen LogP) is -0.660. The zero-order valence-corrected chi connectivity index (χ0v) is 10.4. The second-order valence-corrected chi connectivity index (χ2v) is 4.08. The third-order valence-corrected chi connectivity index (χ3v) is 2.40. The van der Waals surface area contributed by atoms with Crippen LogP contribution >= 0.6 is 0 Å². The van der Waals surface area contributed by atoms with Crippen molar-refractivity contribution in [2.75, 3.05) is 6.54 Å². The van der Waals surface area contributed by atoms with E-state index in [2.05, 4.69) is 5.32 Å². The molecule has 0 spiro atoms. The highest BCUT2D eigenvalue weighted by molar-refractivity contribution is 5.88. The van der Waals surface area contributed by atoms with Gasteiger partial charge in [-0.2, -0.15) is 0 Å². The number of unbranched alkanes of at least 4 members (excludes halogenated alkanes) is 3. The van der Waals surface area contributed by atoms with Gasteiger partial charge >= 0.3 is 5.97 Å². The molecule has 0 radical (unpaired) electrons. The van der Waals surface area contributed by atoms with Crippen LogP contribution in [0.2, 0.25) is 0 Å². The number of primary amides is 1. The molecule has 0 saturated heterocycles. The maximum absolute atomic E-state index is 11.4. The molecule has 18 heavy (non-hydrogen) atoms. The van der Waals surface area contributed by atoms with Gasteiger partial charge in [-0.05, 0) is 19.4 Å². The van der Waals surface area contributed by atoms with Crippen LogP contribution in [0.3, 0.4) is 0 Å². The Labute approximate surface area is 106 Å². The van der Waals surface area contributed by atoms with Crippen LogP contribution in [-0.4, -0.2) is 35.5 Å². The molecule has 6 N–H and O–H groups in total. The summed E-state index contributed by atoms with van der Waals surface area (Å²) in [4.78, 5) is 32.8. The van der Waals surface area contributed by atoms with Crippen LogP contribution in [0.4, 0.5) is 0 Å². The number of hydrogen-bond donors (Lipinski definition) is 4. The maximum Gasteiger partial charge on any atom is 0.326 e. The molecule has 0 bridgehead atoms. The first-order valence-electron chi connectivity index (χ1n) is 5.98. The molecule has 1 unspecified atom stereocenters. The highest BCUT2D eigenvalue weighted by Gasteiger charge is 2.21. The second-order valence-electron chi connectivity index (χ2n) is 4.08. The Balaban J connectivity index is 3.88. The molecule has 0 aromatic carbocycles. The van der Waals surface area contributed by atoms with Gasteiger partial charge in [-0.25, -0.2) is 4.79 Å². The molecule has 0 saturated carbocycles. The molecule has 0 aliphatic carbocycles. The SMILES string of the molecule is NCCCCCCC(=O)NC(CC(N)=O)C(=O)O. The molecule has 1 atom stereocenters. The van der Waals surface area contributed by atoms with E-state index in [-0.39, 0.29) is 12.3 Å². The molecule has 0 aliphatic rings. The summed E-state index contributed by atoms with van der Waals surface area (Å²) in [6.07, 6.45) is 3.27. The molecule has 7 heteroatoms. The highest BCUT2D eigenvalue weighted by Crippen LogP contribution is 2.03. The van der Waals surface area contributed by atoms with Crippen molar-refractivity contribution in [2.45, 2.75) is 44.6 Å². The third kappa shape index (κ3) is 8.51. The topological polar surface area (TPSA) is 136 Å². The smallest absolute Gasteiger partial charge is 0.326 e. The van der Waals surface area contributed by atoms with Crippen LogP contribution in [0.25, 0.3) is 0 Å². The molecule has 0 aliphatic heterocycles. The zero-order valence-electron chi connectivity index (χ0n) is 10.4. The fourth-order valence-electron chi connectivity index (χ4n) is 1.45. The first-order valence-corrected chi connectivity index (χ1v) is 5.98. The van der Waals surface area contributed by atoms with E-state index in [0.29, 0.717) is 13.0 Å². The monoisotopic (exact) mass is 259 g/mol. The lowest BCUT2D eigenvalue weighted by molar-refractivity contribution is -0.143. The Morgan fingerprint density at radius 1 is 1.11 bits per heavy atom. The van der Waals surface area contributed by atoms with Crippen LogP contribution in [0, 0.1) is 0 Å². The van der Waals surface area contributed by atoms with Gasteiger partial charge in [-0.3, -0.25) is 9.59 Å². The summed E-state index contributed by atoms with van der Waals surface area (Å²) in [5.74, 6) is -2.40. The van der Waals surface area contributed by atoms with Gasteiger partial charge < -0.3 is 21.9 Å². The maximum atomic E-state index is 11.4. The summed E-state index contributed by atoms with van der Waals surface area (Å²) in [6.45, 7) is 0.631. The summed E-state index contributed by atoms with van der Waals surface area (Å²) in [5, 5.41) is 11.1. The van der Waals surface area contributed by atoms with E-state index >= 15 is 0 Å². The Bertz CT molecular complexity index is 294. The summed E-state index contributed by atoms with van der Waals surface area (Å²) < 4.78 is 0. The number of amides is 2. The quantitative estimate of drug-likeness (QED) is 0.386. The van der Waals surface area contributed by atoms with E-state index in [1.54, 1.807) is 0 Å². The molecule has 0 heterocycles. The Hall–Kier alpha value is -1.63. The molecule has 2 amide bonds. The van der Waals surface area contributed by atoms with Crippen LogP contribution in [0.1, 0.15) is 38.5 Å². The van der Waals surface area contributed by atoms with Gasteiger partial charge in [0.2, 0.25) is 11.8 Å². The van der Waals surface area contributed by atoms with E-state index in [4.69, 9.17) is 16.6 Å². The van der Waals surface area contributed by atoms with Crippen molar-refractivity contribution >= 4 is 17.8 Å². The Morgan fingerprint density at radius 2 is 1.72 bits per heavy atom. The van der Waals surface area contributed by atoms with E-state index in [1.807, 2.05) is 0 Å². The minimum Gasteiger partial charge on any atom is -0.480 e. The molecular weight excluding hydrogens is 238 g/mol. The van der Waals surface area contributed by atoms with Crippen molar-refractivity contribution in [3.63, 3.8) is 0 Å². The fraction of sp³-hybridized carbons (Fsp3) is 0.727. The lowest BCUT2D eigenvalue weighted by Crippen LogP contribution is -2.43. The molecule has 7 nitrogen and oxygen atoms in total. The van der Waals surface area contributed by atoms with Crippen LogP contribution < -0.4 is 16.8 Å². The Kier molecular flexibility index (Phi) is 8.55. The van der Waals surface area contributed by atoms with E-state index in [1.165, 1.54) is 0 Å². The zero-order chi connectivity index (χ0) is 14.0. The van der Waals surface area contributed by atoms with E-state index in [0.717, 1.165) is 19.3 Å². The van der Waals surface area contributed by atoms with Gasteiger partial charge in [0.15, 0.2) is 0 Å².